The third kappa shape index (κ3) is 4.93. The second-order valence-corrected chi connectivity index (χ2v) is 8.52. The lowest BCUT2D eigenvalue weighted by Gasteiger charge is -2.33. The number of aromatic nitrogens is 2. The number of rotatable bonds is 5. The Morgan fingerprint density at radius 3 is 2.14 bits per heavy atom. The van der Waals surface area contributed by atoms with E-state index in [0.717, 1.165) is 48.8 Å². The molecule has 0 radical (unpaired) electrons. The van der Waals surface area contributed by atoms with E-state index in [4.69, 9.17) is 0 Å². The molecule has 1 aliphatic heterocycles. The Hall–Kier alpha value is -2.47. The second kappa shape index (κ2) is 8.91. The molecule has 1 aliphatic rings. The van der Waals surface area contributed by atoms with Gasteiger partial charge in [0.1, 0.15) is 17.3 Å². The molecule has 1 fully saturated rings. The van der Waals surface area contributed by atoms with Crippen LogP contribution in [-0.2, 0) is 0 Å². The molecule has 0 spiro atoms. The Balaban J connectivity index is 1.90. The van der Waals surface area contributed by atoms with Gasteiger partial charge >= 0.3 is 0 Å². The van der Waals surface area contributed by atoms with E-state index in [2.05, 4.69) is 78.0 Å². The Bertz CT molecular complexity index is 843. The summed E-state index contributed by atoms with van der Waals surface area (Å²) in [6, 6.07) is 8.07. The van der Waals surface area contributed by atoms with Crippen LogP contribution in [0.3, 0.4) is 0 Å². The zero-order valence-electron chi connectivity index (χ0n) is 18.5. The number of hydrogen-bond donors (Lipinski definition) is 1. The zero-order chi connectivity index (χ0) is 21.1. The standard InChI is InChI=1S/C23H33N5O/c1-15(2)18-8-7-9-19(16(3)4)22(18)26-23(29)20-14-21(25-17(5)24-20)28-12-10-27(6)11-13-28/h7-9,14-16H,10-13H2,1-6H3,(H,26,29). The molecule has 0 unspecified atom stereocenters. The maximum Gasteiger partial charge on any atom is 0.274 e. The summed E-state index contributed by atoms with van der Waals surface area (Å²) in [6.07, 6.45) is 0. The summed E-state index contributed by atoms with van der Waals surface area (Å²) in [7, 11) is 2.12. The van der Waals surface area contributed by atoms with Gasteiger partial charge in [0.05, 0.1) is 0 Å². The summed E-state index contributed by atoms with van der Waals surface area (Å²) < 4.78 is 0. The minimum Gasteiger partial charge on any atom is -0.354 e. The summed E-state index contributed by atoms with van der Waals surface area (Å²) in [4.78, 5) is 26.7. The van der Waals surface area contributed by atoms with Crippen LogP contribution in [0.25, 0.3) is 0 Å². The maximum absolute atomic E-state index is 13.2. The summed E-state index contributed by atoms with van der Waals surface area (Å²) in [5, 5.41) is 3.17. The topological polar surface area (TPSA) is 61.4 Å². The largest absolute Gasteiger partial charge is 0.354 e. The van der Waals surface area contributed by atoms with Crippen molar-refractivity contribution < 1.29 is 4.79 Å². The van der Waals surface area contributed by atoms with Crippen LogP contribution in [0.2, 0.25) is 0 Å². The van der Waals surface area contributed by atoms with E-state index in [1.165, 1.54) is 0 Å². The van der Waals surface area contributed by atoms with Crippen LogP contribution in [0.5, 0.6) is 0 Å². The molecule has 0 aliphatic carbocycles. The molecule has 3 rings (SSSR count). The summed E-state index contributed by atoms with van der Waals surface area (Å²) in [5.74, 6) is 1.90. The molecule has 0 bridgehead atoms. The molecule has 0 saturated carbocycles. The predicted molar refractivity (Wildman–Crippen MR) is 119 cm³/mol. The van der Waals surface area contributed by atoms with Crippen molar-refractivity contribution in [1.82, 2.24) is 14.9 Å². The molecular formula is C23H33N5O. The lowest BCUT2D eigenvalue weighted by atomic mass is 9.92. The number of carbonyl (C=O) groups excluding carboxylic acids is 1. The Morgan fingerprint density at radius 1 is 1.00 bits per heavy atom. The van der Waals surface area contributed by atoms with Crippen LogP contribution in [0, 0.1) is 6.92 Å². The van der Waals surface area contributed by atoms with Crippen molar-refractivity contribution in [3.05, 3.63) is 46.9 Å². The normalized spacial score (nSPS) is 15.2. The van der Waals surface area contributed by atoms with E-state index in [1.54, 1.807) is 0 Å². The fraction of sp³-hybridized carbons (Fsp3) is 0.522. The average Bonchev–Trinajstić information content (AvgIpc) is 2.67. The molecule has 1 aromatic carbocycles. The number of nitrogens with one attached hydrogen (secondary N) is 1. The Morgan fingerprint density at radius 2 is 1.59 bits per heavy atom. The molecule has 0 atom stereocenters. The van der Waals surface area contributed by atoms with Gasteiger partial charge in [-0.05, 0) is 36.9 Å². The maximum atomic E-state index is 13.2. The van der Waals surface area contributed by atoms with E-state index in [-0.39, 0.29) is 5.91 Å². The molecule has 1 saturated heterocycles. The number of amides is 1. The minimum atomic E-state index is -0.180. The Kier molecular flexibility index (Phi) is 6.52. The van der Waals surface area contributed by atoms with Gasteiger partial charge in [0, 0.05) is 37.9 Å². The van der Waals surface area contributed by atoms with E-state index in [0.29, 0.717) is 23.4 Å². The predicted octanol–water partition coefficient (Wildman–Crippen LogP) is 4.04. The van der Waals surface area contributed by atoms with Crippen LogP contribution in [-0.4, -0.2) is 54.0 Å². The van der Waals surface area contributed by atoms with E-state index >= 15 is 0 Å². The van der Waals surface area contributed by atoms with Gasteiger partial charge in [0.25, 0.3) is 5.91 Å². The number of piperazine rings is 1. The first-order valence-electron chi connectivity index (χ1n) is 10.5. The molecular weight excluding hydrogens is 362 g/mol. The number of carbonyl (C=O) groups is 1. The molecule has 6 heteroatoms. The quantitative estimate of drug-likeness (QED) is 0.828. The van der Waals surface area contributed by atoms with Crippen molar-refractivity contribution in [3.8, 4) is 0 Å². The SMILES string of the molecule is Cc1nc(C(=O)Nc2c(C(C)C)cccc2C(C)C)cc(N2CCN(C)CC2)n1. The smallest absolute Gasteiger partial charge is 0.274 e. The number of likely N-dealkylation sites (N-methyl/N-ethyl adjacent to an activating group) is 1. The van der Waals surface area contributed by atoms with Crippen molar-refractivity contribution in [1.29, 1.82) is 0 Å². The second-order valence-electron chi connectivity index (χ2n) is 8.52. The first-order chi connectivity index (χ1) is 13.8. The van der Waals surface area contributed by atoms with Crippen molar-refractivity contribution in [2.75, 3.05) is 43.4 Å². The van der Waals surface area contributed by atoms with Crippen LogP contribution in [0.15, 0.2) is 24.3 Å². The number of benzene rings is 1. The molecule has 1 N–H and O–H groups in total. The molecule has 1 aromatic heterocycles. The van der Waals surface area contributed by atoms with Crippen molar-refractivity contribution in [3.63, 3.8) is 0 Å². The van der Waals surface area contributed by atoms with Crippen molar-refractivity contribution in [2.45, 2.75) is 46.5 Å². The van der Waals surface area contributed by atoms with Crippen molar-refractivity contribution >= 4 is 17.4 Å². The van der Waals surface area contributed by atoms with Crippen LogP contribution >= 0.6 is 0 Å². The van der Waals surface area contributed by atoms with Gasteiger partial charge in [0.2, 0.25) is 0 Å². The highest BCUT2D eigenvalue weighted by Crippen LogP contribution is 2.32. The molecule has 29 heavy (non-hydrogen) atoms. The minimum absolute atomic E-state index is 0.180. The van der Waals surface area contributed by atoms with Crippen LogP contribution < -0.4 is 10.2 Å². The van der Waals surface area contributed by atoms with Crippen molar-refractivity contribution in [2.24, 2.45) is 0 Å². The number of nitrogens with zero attached hydrogens (tertiary/aromatic N) is 4. The first-order valence-corrected chi connectivity index (χ1v) is 10.5. The highest BCUT2D eigenvalue weighted by molar-refractivity contribution is 6.04. The van der Waals surface area contributed by atoms with E-state index in [1.807, 2.05) is 13.0 Å². The number of anilines is 2. The third-order valence-corrected chi connectivity index (χ3v) is 5.50. The summed E-state index contributed by atoms with van der Waals surface area (Å²) >= 11 is 0. The van der Waals surface area contributed by atoms with Gasteiger partial charge in [-0.15, -0.1) is 0 Å². The molecule has 2 heterocycles. The fourth-order valence-corrected chi connectivity index (χ4v) is 3.74. The highest BCUT2D eigenvalue weighted by atomic mass is 16.1. The number of aryl methyl sites for hydroxylation is 1. The van der Waals surface area contributed by atoms with E-state index < -0.39 is 0 Å². The molecule has 6 nitrogen and oxygen atoms in total. The molecule has 156 valence electrons. The zero-order valence-corrected chi connectivity index (χ0v) is 18.5. The van der Waals surface area contributed by atoms with Gasteiger partial charge in [-0.25, -0.2) is 9.97 Å². The fourth-order valence-electron chi connectivity index (χ4n) is 3.74. The third-order valence-electron chi connectivity index (χ3n) is 5.50. The molecule has 2 aromatic rings. The van der Waals surface area contributed by atoms with Gasteiger partial charge in [-0.1, -0.05) is 45.9 Å². The monoisotopic (exact) mass is 395 g/mol. The summed E-state index contributed by atoms with van der Waals surface area (Å²) in [5.41, 5.74) is 3.63. The van der Waals surface area contributed by atoms with Gasteiger partial charge in [0.15, 0.2) is 0 Å². The number of para-hydroxylation sites is 1. The number of hydrogen-bond acceptors (Lipinski definition) is 5. The van der Waals surface area contributed by atoms with Gasteiger partial charge < -0.3 is 15.1 Å². The lowest BCUT2D eigenvalue weighted by Crippen LogP contribution is -2.45. The highest BCUT2D eigenvalue weighted by Gasteiger charge is 2.21. The average molecular weight is 396 g/mol. The van der Waals surface area contributed by atoms with Crippen LogP contribution in [0.1, 0.15) is 67.0 Å². The van der Waals surface area contributed by atoms with Gasteiger partial charge in [-0.3, -0.25) is 4.79 Å². The lowest BCUT2D eigenvalue weighted by molar-refractivity contribution is 0.102. The molecule has 1 amide bonds. The van der Waals surface area contributed by atoms with Gasteiger partial charge in [-0.2, -0.15) is 0 Å². The first kappa shape index (κ1) is 21.2. The summed E-state index contributed by atoms with van der Waals surface area (Å²) in [6.45, 7) is 14.2. The van der Waals surface area contributed by atoms with E-state index in [9.17, 15) is 4.79 Å². The Labute approximate surface area is 174 Å². The van der Waals surface area contributed by atoms with Crippen LogP contribution in [0.4, 0.5) is 11.5 Å².